The first kappa shape index (κ1) is 14.4. The van der Waals surface area contributed by atoms with Crippen LogP contribution in [0.5, 0.6) is 0 Å². The summed E-state index contributed by atoms with van der Waals surface area (Å²) in [6.07, 6.45) is 0. The molecule has 3 aromatic rings. The molecule has 0 atom stereocenters. The quantitative estimate of drug-likeness (QED) is 0.744. The van der Waals surface area contributed by atoms with Gasteiger partial charge in [0.25, 0.3) is 5.03 Å². The maximum Gasteiger partial charge on any atom is 0.354 e. The lowest BCUT2D eigenvalue weighted by atomic mass is 10.4. The fourth-order valence-corrected chi connectivity index (χ4v) is 4.16. The number of hydrogen-bond donors (Lipinski definition) is 1. The zero-order chi connectivity index (χ0) is 15.4. The molecule has 0 aliphatic rings. The van der Waals surface area contributed by atoms with Crippen LogP contribution in [0, 0.1) is 0 Å². The predicted octanol–water partition coefficient (Wildman–Crippen LogP) is 3.88. The molecule has 1 aromatic heterocycles. The summed E-state index contributed by atoms with van der Waals surface area (Å²) in [4.78, 5) is 17.8. The number of carboxylic acid groups (broad SMARTS) is 1. The van der Waals surface area contributed by atoms with Gasteiger partial charge in [-0.15, -0.1) is 0 Å². The molecular weight excluding hydrogens is 294 g/mol. The number of benzene rings is 2. The Balaban J connectivity index is 2.14. The lowest BCUT2D eigenvalue weighted by Gasteiger charge is -2.07. The minimum absolute atomic E-state index is 0.0712. The van der Waals surface area contributed by atoms with Gasteiger partial charge in [-0.25, -0.2) is 4.79 Å². The third-order valence-electron chi connectivity index (χ3n) is 3.11. The average molecular weight is 308 g/mol. The first-order chi connectivity index (χ1) is 10.8. The second-order valence-corrected chi connectivity index (χ2v) is 6.57. The van der Waals surface area contributed by atoms with Crippen LogP contribution in [0.15, 0.2) is 93.7 Å². The molecule has 0 fully saturated rings. The van der Waals surface area contributed by atoms with Gasteiger partial charge >= 0.3 is 5.97 Å². The molecule has 108 valence electrons. The number of hydrogen-bond acceptors (Lipinski definition) is 2. The third-order valence-corrected chi connectivity index (χ3v) is 5.24. The minimum Gasteiger partial charge on any atom is -0.477 e. The van der Waals surface area contributed by atoms with Crippen LogP contribution in [-0.2, 0) is 10.9 Å². The van der Waals surface area contributed by atoms with Crippen LogP contribution < -0.4 is 0 Å². The van der Waals surface area contributed by atoms with Crippen LogP contribution in [-0.4, -0.2) is 16.1 Å². The molecule has 2 aromatic carbocycles. The molecule has 3 nitrogen and oxygen atoms in total. The molecule has 0 saturated heterocycles. The van der Waals surface area contributed by atoms with Crippen molar-refractivity contribution in [1.29, 1.82) is 0 Å². The highest BCUT2D eigenvalue weighted by atomic mass is 32.2. The minimum atomic E-state index is -1.01. The summed E-state index contributed by atoms with van der Waals surface area (Å²) in [7, 11) is -0.416. The van der Waals surface area contributed by atoms with Crippen LogP contribution in [0.3, 0.4) is 0 Å². The van der Waals surface area contributed by atoms with Crippen molar-refractivity contribution in [2.24, 2.45) is 0 Å². The normalized spacial score (nSPS) is 10.6. The Morgan fingerprint density at radius 3 is 1.82 bits per heavy atom. The second kappa shape index (κ2) is 6.45. The first-order valence-electron chi connectivity index (χ1n) is 6.80. The van der Waals surface area contributed by atoms with Crippen LogP contribution in [0.1, 0.15) is 10.5 Å². The molecule has 22 heavy (non-hydrogen) atoms. The molecular formula is C18H14NO2S+. The van der Waals surface area contributed by atoms with Gasteiger partial charge in [-0.3, -0.25) is 0 Å². The largest absolute Gasteiger partial charge is 0.477 e. The van der Waals surface area contributed by atoms with E-state index in [2.05, 4.69) is 4.98 Å². The molecule has 4 heteroatoms. The molecule has 0 amide bonds. The number of rotatable bonds is 4. The first-order valence-corrected chi connectivity index (χ1v) is 8.03. The van der Waals surface area contributed by atoms with E-state index < -0.39 is 16.9 Å². The van der Waals surface area contributed by atoms with E-state index in [1.54, 1.807) is 6.07 Å². The van der Waals surface area contributed by atoms with Gasteiger partial charge in [0, 0.05) is 6.07 Å². The number of carbonyl (C=O) groups is 1. The Morgan fingerprint density at radius 2 is 1.32 bits per heavy atom. The van der Waals surface area contributed by atoms with Crippen LogP contribution in [0.4, 0.5) is 0 Å². The van der Waals surface area contributed by atoms with E-state index in [9.17, 15) is 9.90 Å². The standard InChI is InChI=1S/C18H13NO2S/c20-18(21)16-12-7-13-17(19-16)22(14-8-3-1-4-9-14)15-10-5-2-6-11-15/h1-13H/p+1. The lowest BCUT2D eigenvalue weighted by Crippen LogP contribution is -2.09. The van der Waals surface area contributed by atoms with Gasteiger partial charge in [0.05, 0.1) is 0 Å². The summed E-state index contributed by atoms with van der Waals surface area (Å²) in [6, 6.07) is 25.2. The molecule has 3 rings (SSSR count). The maximum atomic E-state index is 11.2. The molecule has 0 unspecified atom stereocenters. The van der Waals surface area contributed by atoms with E-state index in [0.717, 1.165) is 14.8 Å². The Bertz CT molecular complexity index is 736. The highest BCUT2D eigenvalue weighted by Crippen LogP contribution is 2.29. The van der Waals surface area contributed by atoms with Gasteiger partial charge in [-0.1, -0.05) is 42.5 Å². The number of pyridine rings is 1. The molecule has 1 heterocycles. The summed E-state index contributed by atoms with van der Waals surface area (Å²) >= 11 is 0. The molecule has 0 aliphatic carbocycles. The zero-order valence-corrected chi connectivity index (χ0v) is 12.5. The molecule has 1 N–H and O–H groups in total. The zero-order valence-electron chi connectivity index (χ0n) is 11.7. The van der Waals surface area contributed by atoms with Crippen molar-refractivity contribution >= 4 is 16.9 Å². The van der Waals surface area contributed by atoms with E-state index in [1.165, 1.54) is 6.07 Å². The van der Waals surface area contributed by atoms with E-state index in [4.69, 9.17) is 0 Å². The summed E-state index contributed by atoms with van der Waals surface area (Å²) in [5, 5.41) is 9.93. The summed E-state index contributed by atoms with van der Waals surface area (Å²) in [6.45, 7) is 0. The molecule has 0 saturated carbocycles. The fourth-order valence-electron chi connectivity index (χ4n) is 2.14. The summed E-state index contributed by atoms with van der Waals surface area (Å²) in [5.41, 5.74) is 0.0712. The molecule has 0 aliphatic heterocycles. The fraction of sp³-hybridized carbons (Fsp3) is 0. The van der Waals surface area contributed by atoms with Gasteiger partial charge in [-0.05, 0) is 30.3 Å². The number of aromatic carboxylic acids is 1. The van der Waals surface area contributed by atoms with Crippen molar-refractivity contribution in [2.45, 2.75) is 14.8 Å². The molecule has 0 bridgehead atoms. The van der Waals surface area contributed by atoms with Crippen molar-refractivity contribution in [3.05, 3.63) is 84.6 Å². The van der Waals surface area contributed by atoms with E-state index in [-0.39, 0.29) is 5.69 Å². The highest BCUT2D eigenvalue weighted by Gasteiger charge is 2.30. The molecule has 0 radical (unpaired) electrons. The Kier molecular flexibility index (Phi) is 4.21. The monoisotopic (exact) mass is 308 g/mol. The predicted molar refractivity (Wildman–Crippen MR) is 86.2 cm³/mol. The maximum absolute atomic E-state index is 11.2. The Hall–Kier alpha value is -2.59. The lowest BCUT2D eigenvalue weighted by molar-refractivity contribution is 0.0689. The molecule has 0 spiro atoms. The van der Waals surface area contributed by atoms with Crippen molar-refractivity contribution in [3.63, 3.8) is 0 Å². The Labute approximate surface area is 131 Å². The highest BCUT2D eigenvalue weighted by molar-refractivity contribution is 7.97. The smallest absolute Gasteiger partial charge is 0.354 e. The van der Waals surface area contributed by atoms with Crippen molar-refractivity contribution in [3.8, 4) is 0 Å². The van der Waals surface area contributed by atoms with Crippen molar-refractivity contribution in [2.75, 3.05) is 0 Å². The average Bonchev–Trinajstić information content (AvgIpc) is 2.57. The number of aromatic nitrogens is 1. The SMILES string of the molecule is O=C(O)c1cccc([S+](c2ccccc2)c2ccccc2)n1. The third kappa shape index (κ3) is 3.02. The topological polar surface area (TPSA) is 50.2 Å². The Morgan fingerprint density at radius 1 is 0.773 bits per heavy atom. The van der Waals surface area contributed by atoms with E-state index in [1.807, 2.05) is 66.7 Å². The number of carboxylic acids is 1. The van der Waals surface area contributed by atoms with Gasteiger partial charge in [0.1, 0.15) is 10.9 Å². The van der Waals surface area contributed by atoms with Crippen molar-refractivity contribution < 1.29 is 9.90 Å². The summed E-state index contributed by atoms with van der Waals surface area (Å²) < 4.78 is 0. The number of nitrogens with zero attached hydrogens (tertiary/aromatic N) is 1. The van der Waals surface area contributed by atoms with Gasteiger partial charge in [-0.2, -0.15) is 4.98 Å². The van der Waals surface area contributed by atoms with Gasteiger partial charge in [0.15, 0.2) is 15.5 Å². The van der Waals surface area contributed by atoms with Crippen LogP contribution >= 0.6 is 0 Å². The van der Waals surface area contributed by atoms with Gasteiger partial charge < -0.3 is 5.11 Å². The van der Waals surface area contributed by atoms with Gasteiger partial charge in [0.2, 0.25) is 0 Å². The summed E-state index contributed by atoms with van der Waals surface area (Å²) in [5.74, 6) is -1.01. The van der Waals surface area contributed by atoms with Crippen LogP contribution in [0.2, 0.25) is 0 Å². The van der Waals surface area contributed by atoms with Crippen molar-refractivity contribution in [1.82, 2.24) is 4.98 Å². The van der Waals surface area contributed by atoms with E-state index >= 15 is 0 Å². The second-order valence-electron chi connectivity index (χ2n) is 4.60. The van der Waals surface area contributed by atoms with Crippen LogP contribution in [0.25, 0.3) is 0 Å². The van der Waals surface area contributed by atoms with E-state index in [0.29, 0.717) is 0 Å².